The van der Waals surface area contributed by atoms with Crippen molar-refractivity contribution in [2.45, 2.75) is 39.0 Å². The highest BCUT2D eigenvalue weighted by molar-refractivity contribution is 5.76. The van der Waals surface area contributed by atoms with Gasteiger partial charge in [-0.25, -0.2) is 4.98 Å². The van der Waals surface area contributed by atoms with E-state index in [0.717, 1.165) is 31.1 Å². The molecule has 2 aromatic rings. The van der Waals surface area contributed by atoms with E-state index in [1.807, 2.05) is 6.20 Å². The van der Waals surface area contributed by atoms with Crippen molar-refractivity contribution in [3.8, 4) is 0 Å². The highest BCUT2D eigenvalue weighted by Gasteiger charge is 2.23. The third kappa shape index (κ3) is 2.52. The number of hydrogen-bond acceptors (Lipinski definition) is 2. The van der Waals surface area contributed by atoms with Gasteiger partial charge in [-0.15, -0.1) is 0 Å². The summed E-state index contributed by atoms with van der Waals surface area (Å²) in [6, 6.07) is 4.43. The van der Waals surface area contributed by atoms with E-state index in [2.05, 4.69) is 43.2 Å². The molecule has 3 nitrogen and oxygen atoms in total. The minimum atomic E-state index is 0.153. The zero-order valence-corrected chi connectivity index (χ0v) is 12.1. The van der Waals surface area contributed by atoms with Gasteiger partial charge in [0.2, 0.25) is 0 Å². The Labute approximate surface area is 114 Å². The van der Waals surface area contributed by atoms with Crippen molar-refractivity contribution in [2.24, 2.45) is 5.92 Å². The molecule has 0 saturated carbocycles. The molecule has 102 valence electrons. The summed E-state index contributed by atoms with van der Waals surface area (Å²) in [6.07, 6.45) is 4.34. The van der Waals surface area contributed by atoms with Crippen molar-refractivity contribution in [3.63, 3.8) is 0 Å². The van der Waals surface area contributed by atoms with Crippen LogP contribution in [-0.4, -0.2) is 23.1 Å². The van der Waals surface area contributed by atoms with Crippen LogP contribution < -0.4 is 5.32 Å². The zero-order chi connectivity index (χ0) is 13.5. The Morgan fingerprint density at radius 1 is 1.37 bits per heavy atom. The number of aromatic amines is 1. The van der Waals surface area contributed by atoms with Crippen LogP contribution in [0.25, 0.3) is 11.0 Å². The fourth-order valence-electron chi connectivity index (χ4n) is 2.99. The van der Waals surface area contributed by atoms with Gasteiger partial charge in [-0.05, 0) is 55.0 Å². The fraction of sp³-hybridized carbons (Fsp3) is 0.562. The molecule has 0 bridgehead atoms. The zero-order valence-electron chi connectivity index (χ0n) is 12.1. The summed E-state index contributed by atoms with van der Waals surface area (Å²) in [4.78, 5) is 8.12. The van der Waals surface area contributed by atoms with Crippen LogP contribution in [-0.2, 0) is 11.8 Å². The molecule has 0 spiro atoms. The van der Waals surface area contributed by atoms with Gasteiger partial charge < -0.3 is 10.3 Å². The van der Waals surface area contributed by atoms with Crippen molar-refractivity contribution in [3.05, 3.63) is 29.6 Å². The predicted octanol–water partition coefficient (Wildman–Crippen LogP) is 3.01. The highest BCUT2D eigenvalue weighted by Crippen LogP contribution is 2.30. The summed E-state index contributed by atoms with van der Waals surface area (Å²) in [5.41, 5.74) is 3.84. The van der Waals surface area contributed by atoms with Crippen LogP contribution in [0, 0.1) is 5.92 Å². The van der Waals surface area contributed by atoms with Gasteiger partial charge in [0.25, 0.3) is 0 Å². The van der Waals surface area contributed by atoms with Crippen LogP contribution >= 0.6 is 0 Å². The molecule has 3 heteroatoms. The maximum atomic E-state index is 4.88. The molecule has 0 radical (unpaired) electrons. The van der Waals surface area contributed by atoms with Crippen LogP contribution in [0.15, 0.2) is 18.3 Å². The Morgan fingerprint density at radius 3 is 2.89 bits per heavy atom. The molecule has 1 fully saturated rings. The van der Waals surface area contributed by atoms with Crippen LogP contribution in [0.3, 0.4) is 0 Å². The average molecular weight is 257 g/mol. The molecule has 1 atom stereocenters. The maximum Gasteiger partial charge on any atom is 0.137 e. The third-order valence-corrected chi connectivity index (χ3v) is 4.07. The van der Waals surface area contributed by atoms with Gasteiger partial charge in [-0.2, -0.15) is 0 Å². The molecule has 0 amide bonds. The van der Waals surface area contributed by atoms with Crippen molar-refractivity contribution >= 4 is 11.0 Å². The lowest BCUT2D eigenvalue weighted by Gasteiger charge is -2.23. The van der Waals surface area contributed by atoms with E-state index in [9.17, 15) is 0 Å². The van der Waals surface area contributed by atoms with E-state index in [-0.39, 0.29) is 5.41 Å². The SMILES string of the molecule is CC(C)(C)c1cc2cc[nH]c2nc1CC1CCNC1. The number of rotatable bonds is 2. The number of aromatic nitrogens is 2. The van der Waals surface area contributed by atoms with Crippen LogP contribution in [0.2, 0.25) is 0 Å². The number of nitrogens with one attached hydrogen (secondary N) is 2. The number of H-pyrrole nitrogens is 1. The van der Waals surface area contributed by atoms with Gasteiger partial charge in [-0.1, -0.05) is 20.8 Å². The monoisotopic (exact) mass is 257 g/mol. The summed E-state index contributed by atoms with van der Waals surface area (Å²) in [6.45, 7) is 9.12. The molecule has 3 rings (SSSR count). The highest BCUT2D eigenvalue weighted by atomic mass is 14.9. The van der Waals surface area contributed by atoms with Gasteiger partial charge in [0.15, 0.2) is 0 Å². The first-order chi connectivity index (χ1) is 9.04. The molecular weight excluding hydrogens is 234 g/mol. The summed E-state index contributed by atoms with van der Waals surface area (Å²) >= 11 is 0. The number of fused-ring (bicyclic) bond motifs is 1. The van der Waals surface area contributed by atoms with Gasteiger partial charge in [0.1, 0.15) is 5.65 Å². The van der Waals surface area contributed by atoms with Gasteiger partial charge >= 0.3 is 0 Å². The molecule has 1 saturated heterocycles. The predicted molar refractivity (Wildman–Crippen MR) is 79.5 cm³/mol. The molecule has 2 aromatic heterocycles. The number of nitrogens with zero attached hydrogens (tertiary/aromatic N) is 1. The normalized spacial score (nSPS) is 20.3. The lowest BCUT2D eigenvalue weighted by molar-refractivity contribution is 0.538. The fourth-order valence-corrected chi connectivity index (χ4v) is 2.99. The second-order valence-corrected chi connectivity index (χ2v) is 6.71. The molecule has 2 N–H and O–H groups in total. The first kappa shape index (κ1) is 12.7. The number of hydrogen-bond donors (Lipinski definition) is 2. The van der Waals surface area contributed by atoms with E-state index >= 15 is 0 Å². The lowest BCUT2D eigenvalue weighted by Crippen LogP contribution is -2.18. The third-order valence-electron chi connectivity index (χ3n) is 4.07. The lowest BCUT2D eigenvalue weighted by atomic mass is 9.83. The molecule has 0 aromatic carbocycles. The minimum Gasteiger partial charge on any atom is -0.346 e. The van der Waals surface area contributed by atoms with Gasteiger partial charge in [-0.3, -0.25) is 0 Å². The molecular formula is C16H23N3. The van der Waals surface area contributed by atoms with E-state index in [4.69, 9.17) is 4.98 Å². The van der Waals surface area contributed by atoms with Crippen LogP contribution in [0.5, 0.6) is 0 Å². The van der Waals surface area contributed by atoms with Crippen LogP contribution in [0.1, 0.15) is 38.4 Å². The largest absolute Gasteiger partial charge is 0.346 e. The Morgan fingerprint density at radius 2 is 2.21 bits per heavy atom. The quantitative estimate of drug-likeness (QED) is 0.868. The molecule has 1 aliphatic heterocycles. The van der Waals surface area contributed by atoms with E-state index in [0.29, 0.717) is 0 Å². The van der Waals surface area contributed by atoms with E-state index < -0.39 is 0 Å². The standard InChI is InChI=1S/C16H23N3/c1-16(2,3)13-9-12-5-7-18-15(12)19-14(13)8-11-4-6-17-10-11/h5,7,9,11,17H,4,6,8,10H2,1-3H3,(H,18,19). The topological polar surface area (TPSA) is 40.7 Å². The Hall–Kier alpha value is -1.35. The average Bonchev–Trinajstić information content (AvgIpc) is 2.96. The first-order valence-corrected chi connectivity index (χ1v) is 7.22. The van der Waals surface area contributed by atoms with Crippen LogP contribution in [0.4, 0.5) is 0 Å². The summed E-state index contributed by atoms with van der Waals surface area (Å²) < 4.78 is 0. The first-order valence-electron chi connectivity index (χ1n) is 7.22. The summed E-state index contributed by atoms with van der Waals surface area (Å²) in [5, 5.41) is 4.67. The van der Waals surface area contributed by atoms with Crippen molar-refractivity contribution < 1.29 is 0 Å². The molecule has 1 unspecified atom stereocenters. The van der Waals surface area contributed by atoms with Crippen molar-refractivity contribution in [1.29, 1.82) is 0 Å². The molecule has 19 heavy (non-hydrogen) atoms. The second kappa shape index (κ2) is 4.64. The Kier molecular flexibility index (Phi) is 3.09. The smallest absolute Gasteiger partial charge is 0.137 e. The molecule has 0 aliphatic carbocycles. The van der Waals surface area contributed by atoms with Crippen molar-refractivity contribution in [2.75, 3.05) is 13.1 Å². The Bertz CT molecular complexity index is 571. The second-order valence-electron chi connectivity index (χ2n) is 6.71. The van der Waals surface area contributed by atoms with Gasteiger partial charge in [0.05, 0.1) is 0 Å². The summed E-state index contributed by atoms with van der Waals surface area (Å²) in [5.74, 6) is 0.737. The van der Waals surface area contributed by atoms with Gasteiger partial charge in [0, 0.05) is 17.3 Å². The maximum absolute atomic E-state index is 4.88. The van der Waals surface area contributed by atoms with E-state index in [1.54, 1.807) is 0 Å². The number of pyridine rings is 1. The Balaban J connectivity index is 2.03. The summed E-state index contributed by atoms with van der Waals surface area (Å²) in [7, 11) is 0. The molecule has 3 heterocycles. The van der Waals surface area contributed by atoms with Crippen molar-refractivity contribution in [1.82, 2.24) is 15.3 Å². The van der Waals surface area contributed by atoms with E-state index in [1.165, 1.54) is 23.1 Å². The minimum absolute atomic E-state index is 0.153. The molecule has 1 aliphatic rings.